The molecule has 1 amide bonds. The molecule has 1 saturated carbocycles. The van der Waals surface area contributed by atoms with Gasteiger partial charge in [-0.1, -0.05) is 43.3 Å². The smallest absolute Gasteiger partial charge is 0.255 e. The Bertz CT molecular complexity index is 1220. The monoisotopic (exact) mass is 501 g/mol. The number of aliphatic hydroxyl groups is 2. The molecule has 4 rings (SSSR count). The lowest BCUT2D eigenvalue weighted by Gasteiger charge is -2.51. The van der Waals surface area contributed by atoms with Gasteiger partial charge in [-0.3, -0.25) is 9.78 Å². The number of hydrogen-bond acceptors (Lipinski definition) is 5. The first-order chi connectivity index (χ1) is 17.8. The van der Waals surface area contributed by atoms with Crippen molar-refractivity contribution in [2.75, 3.05) is 18.9 Å². The number of pyridine rings is 1. The topological polar surface area (TPSA) is 94.5 Å². The molecule has 4 N–H and O–H groups in total. The van der Waals surface area contributed by atoms with Gasteiger partial charge in [-0.05, 0) is 99.5 Å². The van der Waals surface area contributed by atoms with Crippen molar-refractivity contribution < 1.29 is 15.0 Å². The van der Waals surface area contributed by atoms with E-state index < -0.39 is 5.60 Å². The van der Waals surface area contributed by atoms with Crippen LogP contribution in [0.25, 0.3) is 0 Å². The van der Waals surface area contributed by atoms with Gasteiger partial charge in [-0.15, -0.1) is 0 Å². The normalized spacial score (nSPS) is 23.5. The molecule has 0 bridgehead atoms. The highest BCUT2D eigenvalue weighted by atomic mass is 16.3. The van der Waals surface area contributed by atoms with Crippen LogP contribution in [0.5, 0.6) is 0 Å². The molecule has 6 nitrogen and oxygen atoms in total. The maximum Gasteiger partial charge on any atom is 0.255 e. The van der Waals surface area contributed by atoms with Crippen molar-refractivity contribution in [2.45, 2.75) is 63.6 Å². The first-order valence-electron chi connectivity index (χ1n) is 13.2. The molecule has 0 radical (unpaired) electrons. The summed E-state index contributed by atoms with van der Waals surface area (Å²) in [6.45, 7) is 4.50. The second kappa shape index (κ2) is 11.5. The molecule has 6 heteroatoms. The van der Waals surface area contributed by atoms with Crippen LogP contribution in [0.2, 0.25) is 0 Å². The van der Waals surface area contributed by atoms with E-state index in [4.69, 9.17) is 0 Å². The number of aliphatic hydroxyl groups excluding tert-OH is 1. The summed E-state index contributed by atoms with van der Waals surface area (Å²) in [6.07, 6.45) is 5.39. The number of anilines is 1. The lowest BCUT2D eigenvalue weighted by molar-refractivity contribution is -0.0480. The predicted molar refractivity (Wildman–Crippen MR) is 148 cm³/mol. The van der Waals surface area contributed by atoms with Crippen molar-refractivity contribution in [1.82, 2.24) is 10.3 Å². The summed E-state index contributed by atoms with van der Waals surface area (Å²) in [6, 6.07) is 19.8. The Morgan fingerprint density at radius 1 is 1.11 bits per heavy atom. The second-order valence-corrected chi connectivity index (χ2v) is 10.5. The Hall–Kier alpha value is -3.06. The number of aromatic nitrogens is 1. The molecule has 1 fully saturated rings. The molecule has 0 aliphatic heterocycles. The van der Waals surface area contributed by atoms with Crippen LogP contribution in [-0.4, -0.2) is 40.3 Å². The summed E-state index contributed by atoms with van der Waals surface area (Å²) < 4.78 is 0. The number of carbonyl (C=O) groups excluding carboxylic acids is 1. The summed E-state index contributed by atoms with van der Waals surface area (Å²) in [5.74, 6) is -0.0790. The highest BCUT2D eigenvalue weighted by Crippen LogP contribution is 2.51. The Balaban J connectivity index is 1.76. The average Bonchev–Trinajstić information content (AvgIpc) is 2.92. The van der Waals surface area contributed by atoms with Gasteiger partial charge >= 0.3 is 0 Å². The summed E-state index contributed by atoms with van der Waals surface area (Å²) in [7, 11) is 1.95. The van der Waals surface area contributed by atoms with E-state index in [-0.39, 0.29) is 23.8 Å². The fourth-order valence-corrected chi connectivity index (χ4v) is 6.06. The molecule has 3 aromatic rings. The zero-order valence-electron chi connectivity index (χ0n) is 22.1. The maximum atomic E-state index is 13.1. The first-order valence-corrected chi connectivity index (χ1v) is 13.2. The third kappa shape index (κ3) is 5.77. The van der Waals surface area contributed by atoms with Crippen LogP contribution < -0.4 is 10.6 Å². The van der Waals surface area contributed by atoms with Crippen LogP contribution >= 0.6 is 0 Å². The van der Waals surface area contributed by atoms with Crippen LogP contribution in [0, 0.1) is 12.8 Å². The summed E-state index contributed by atoms with van der Waals surface area (Å²) in [4.78, 5) is 17.4. The maximum absolute atomic E-state index is 13.1. The third-order valence-electron chi connectivity index (χ3n) is 8.24. The van der Waals surface area contributed by atoms with Gasteiger partial charge in [0.2, 0.25) is 0 Å². The number of benzene rings is 2. The number of carbonyl (C=O) groups is 1. The average molecular weight is 502 g/mol. The Morgan fingerprint density at radius 2 is 1.89 bits per heavy atom. The van der Waals surface area contributed by atoms with Gasteiger partial charge in [-0.25, -0.2) is 0 Å². The summed E-state index contributed by atoms with van der Waals surface area (Å²) in [5, 5.41) is 28.1. The van der Waals surface area contributed by atoms with Crippen molar-refractivity contribution >= 4 is 11.6 Å². The van der Waals surface area contributed by atoms with Crippen molar-refractivity contribution in [3.05, 3.63) is 94.8 Å². The molecule has 0 saturated heterocycles. The first kappa shape index (κ1) is 27.0. The predicted octanol–water partition coefficient (Wildman–Crippen LogP) is 4.78. The molecule has 3 atom stereocenters. The molecular weight excluding hydrogens is 462 g/mol. The molecule has 1 aromatic heterocycles. The van der Waals surface area contributed by atoms with Gasteiger partial charge in [0, 0.05) is 17.2 Å². The number of amides is 1. The van der Waals surface area contributed by atoms with E-state index in [9.17, 15) is 15.0 Å². The third-order valence-corrected chi connectivity index (χ3v) is 8.24. The SMILES string of the molecule is CC[C@@]1(O)CC[C@@](Cc2ccccc2)(c2ccc(C(=O)Nc3cccnc3C)cc2CO)[C@@H](CNC)C1. The largest absolute Gasteiger partial charge is 0.392 e. The molecule has 37 heavy (non-hydrogen) atoms. The number of nitrogens with one attached hydrogen (secondary N) is 2. The van der Waals surface area contributed by atoms with E-state index in [1.807, 2.05) is 44.3 Å². The van der Waals surface area contributed by atoms with E-state index in [1.54, 1.807) is 12.3 Å². The van der Waals surface area contributed by atoms with E-state index in [2.05, 4.69) is 46.8 Å². The van der Waals surface area contributed by atoms with Crippen LogP contribution in [0.4, 0.5) is 5.69 Å². The molecule has 1 aliphatic carbocycles. The molecule has 0 unspecified atom stereocenters. The highest BCUT2D eigenvalue weighted by Gasteiger charge is 2.49. The number of rotatable bonds is 9. The molecule has 196 valence electrons. The van der Waals surface area contributed by atoms with Gasteiger partial charge in [0.15, 0.2) is 0 Å². The van der Waals surface area contributed by atoms with Gasteiger partial charge in [0.1, 0.15) is 0 Å². The molecule has 2 aromatic carbocycles. The molecule has 1 aliphatic rings. The summed E-state index contributed by atoms with van der Waals surface area (Å²) in [5.41, 5.74) is 3.97. The van der Waals surface area contributed by atoms with Crippen LogP contribution in [-0.2, 0) is 18.4 Å². The lowest BCUT2D eigenvalue weighted by atomic mass is 9.55. The standard InChI is InChI=1S/C31H39N3O3/c1-4-30(37)14-15-31(26(19-30)20-32-3,18-23-9-6-5-7-10-23)27-13-12-24(17-25(27)21-35)29(36)34-28-11-8-16-33-22(28)2/h5-13,16-17,26,32,35,37H,4,14-15,18-21H2,1-3H3,(H,34,36)/t26-,30-,31+/m1/s1. The van der Waals surface area contributed by atoms with E-state index in [0.29, 0.717) is 30.5 Å². The second-order valence-electron chi connectivity index (χ2n) is 10.5. The number of nitrogens with zero attached hydrogens (tertiary/aromatic N) is 1. The zero-order chi connectivity index (χ0) is 26.5. The van der Waals surface area contributed by atoms with Crippen LogP contribution in [0.15, 0.2) is 66.9 Å². The molecule has 0 spiro atoms. The lowest BCUT2D eigenvalue weighted by Crippen LogP contribution is -2.52. The minimum atomic E-state index is -0.692. The molecule has 1 heterocycles. The number of hydrogen-bond donors (Lipinski definition) is 4. The van der Waals surface area contributed by atoms with Crippen LogP contribution in [0.1, 0.15) is 65.3 Å². The van der Waals surface area contributed by atoms with Gasteiger partial charge in [0.05, 0.1) is 23.6 Å². The van der Waals surface area contributed by atoms with Gasteiger partial charge < -0.3 is 20.8 Å². The van der Waals surface area contributed by atoms with Gasteiger partial charge in [-0.2, -0.15) is 0 Å². The van der Waals surface area contributed by atoms with E-state index >= 15 is 0 Å². The van der Waals surface area contributed by atoms with Crippen molar-refractivity contribution in [3.8, 4) is 0 Å². The fourth-order valence-electron chi connectivity index (χ4n) is 6.06. The fraction of sp³-hybridized carbons (Fsp3) is 0.419. The summed E-state index contributed by atoms with van der Waals surface area (Å²) >= 11 is 0. The van der Waals surface area contributed by atoms with Crippen molar-refractivity contribution in [3.63, 3.8) is 0 Å². The van der Waals surface area contributed by atoms with E-state index in [0.717, 1.165) is 36.2 Å². The number of aryl methyl sites for hydroxylation is 1. The van der Waals surface area contributed by atoms with Crippen molar-refractivity contribution in [1.29, 1.82) is 0 Å². The Labute approximate surface area is 220 Å². The van der Waals surface area contributed by atoms with Gasteiger partial charge in [0.25, 0.3) is 5.91 Å². The Morgan fingerprint density at radius 3 is 2.57 bits per heavy atom. The Kier molecular flexibility index (Phi) is 8.42. The zero-order valence-corrected chi connectivity index (χ0v) is 22.1. The highest BCUT2D eigenvalue weighted by molar-refractivity contribution is 6.04. The minimum absolute atomic E-state index is 0.152. The van der Waals surface area contributed by atoms with E-state index in [1.165, 1.54) is 5.56 Å². The quantitative estimate of drug-likeness (QED) is 0.339. The van der Waals surface area contributed by atoms with Crippen LogP contribution in [0.3, 0.4) is 0 Å². The molecular formula is C31H39N3O3. The minimum Gasteiger partial charge on any atom is -0.392 e. The van der Waals surface area contributed by atoms with Crippen molar-refractivity contribution in [2.24, 2.45) is 5.92 Å².